The SMILES string of the molecule is CS(=O)Oc1cc(F)ccc1-c1ccc(=N)n(C(=N)CNC(=O)c2ccccc2)c1. The summed E-state index contributed by atoms with van der Waals surface area (Å²) in [5.41, 5.74) is 1.49. The van der Waals surface area contributed by atoms with Crippen LogP contribution in [0.4, 0.5) is 4.39 Å². The molecule has 154 valence electrons. The molecule has 9 heteroatoms. The molecule has 1 atom stereocenters. The van der Waals surface area contributed by atoms with Gasteiger partial charge in [-0.25, -0.2) is 8.60 Å². The van der Waals surface area contributed by atoms with Crippen LogP contribution >= 0.6 is 0 Å². The summed E-state index contributed by atoms with van der Waals surface area (Å²) in [4.78, 5) is 12.2. The molecule has 0 bridgehead atoms. The van der Waals surface area contributed by atoms with E-state index in [1.54, 1.807) is 36.4 Å². The van der Waals surface area contributed by atoms with E-state index in [9.17, 15) is 13.4 Å². The van der Waals surface area contributed by atoms with Gasteiger partial charge in [0, 0.05) is 35.2 Å². The Bertz CT molecular complexity index is 1180. The number of benzene rings is 2. The fourth-order valence-corrected chi connectivity index (χ4v) is 3.14. The highest BCUT2D eigenvalue weighted by molar-refractivity contribution is 7.79. The summed E-state index contributed by atoms with van der Waals surface area (Å²) in [6.45, 7) is -0.0977. The molecule has 0 spiro atoms. The van der Waals surface area contributed by atoms with Gasteiger partial charge >= 0.3 is 0 Å². The molecule has 1 amide bonds. The van der Waals surface area contributed by atoms with E-state index in [1.807, 2.05) is 0 Å². The fraction of sp³-hybridized carbons (Fsp3) is 0.0952. The molecule has 0 saturated heterocycles. The predicted octanol–water partition coefficient (Wildman–Crippen LogP) is 2.70. The van der Waals surface area contributed by atoms with Gasteiger partial charge in [0.25, 0.3) is 5.91 Å². The predicted molar refractivity (Wildman–Crippen MR) is 112 cm³/mol. The summed E-state index contributed by atoms with van der Waals surface area (Å²) in [6.07, 6.45) is 2.84. The molecule has 0 aliphatic heterocycles. The van der Waals surface area contributed by atoms with Gasteiger partial charge in [-0.3, -0.25) is 20.2 Å². The van der Waals surface area contributed by atoms with Gasteiger partial charge in [-0.2, -0.15) is 0 Å². The third-order valence-electron chi connectivity index (χ3n) is 4.15. The number of pyridine rings is 1. The monoisotopic (exact) mass is 426 g/mol. The second-order valence-corrected chi connectivity index (χ2v) is 7.26. The fourth-order valence-electron chi connectivity index (χ4n) is 2.75. The topological polar surface area (TPSA) is 108 Å². The van der Waals surface area contributed by atoms with Gasteiger partial charge in [0.2, 0.25) is 11.1 Å². The molecule has 1 unspecified atom stereocenters. The third-order valence-corrected chi connectivity index (χ3v) is 4.57. The minimum atomic E-state index is -1.65. The zero-order valence-electron chi connectivity index (χ0n) is 16.0. The van der Waals surface area contributed by atoms with Crippen molar-refractivity contribution in [1.82, 2.24) is 9.88 Å². The van der Waals surface area contributed by atoms with Crippen LogP contribution < -0.4 is 15.0 Å². The summed E-state index contributed by atoms with van der Waals surface area (Å²) < 4.78 is 31.6. The van der Waals surface area contributed by atoms with Gasteiger partial charge in [-0.05, 0) is 36.4 Å². The van der Waals surface area contributed by atoms with Crippen LogP contribution in [-0.2, 0) is 11.1 Å². The maximum Gasteiger partial charge on any atom is 0.251 e. The molecule has 2 aromatic carbocycles. The molecule has 30 heavy (non-hydrogen) atoms. The first-order valence-electron chi connectivity index (χ1n) is 8.85. The number of aromatic nitrogens is 1. The molecule has 0 radical (unpaired) electrons. The Balaban J connectivity index is 1.85. The number of carbonyl (C=O) groups excluding carboxylic acids is 1. The highest BCUT2D eigenvalue weighted by atomic mass is 32.2. The number of hydrogen-bond donors (Lipinski definition) is 3. The summed E-state index contributed by atoms with van der Waals surface area (Å²) in [7, 11) is 0. The zero-order valence-corrected chi connectivity index (χ0v) is 16.8. The van der Waals surface area contributed by atoms with Crippen molar-refractivity contribution in [3.05, 3.63) is 83.7 Å². The van der Waals surface area contributed by atoms with Crippen molar-refractivity contribution in [2.24, 2.45) is 0 Å². The first-order chi connectivity index (χ1) is 14.3. The van der Waals surface area contributed by atoms with E-state index in [0.717, 1.165) is 6.07 Å². The van der Waals surface area contributed by atoms with Crippen LogP contribution in [0.3, 0.4) is 0 Å². The van der Waals surface area contributed by atoms with Crippen LogP contribution in [0, 0.1) is 16.6 Å². The third kappa shape index (κ3) is 5.06. The molecule has 3 rings (SSSR count). The van der Waals surface area contributed by atoms with Crippen molar-refractivity contribution in [3.63, 3.8) is 0 Å². The molecule has 0 saturated carbocycles. The maximum atomic E-state index is 13.6. The molecule has 3 N–H and O–H groups in total. The van der Waals surface area contributed by atoms with E-state index < -0.39 is 16.9 Å². The standard InChI is InChI=1S/C21H19FN4O3S/c1-30(28)29-18-11-16(22)8-9-17(18)15-7-10-19(23)26(13-15)20(24)12-25-21(27)14-5-3-2-4-6-14/h2-11,13,23-24H,12H2,1H3,(H,25,27). The average Bonchev–Trinajstić information content (AvgIpc) is 2.72. The van der Waals surface area contributed by atoms with Crippen LogP contribution in [0.2, 0.25) is 0 Å². The van der Waals surface area contributed by atoms with E-state index in [2.05, 4.69) is 5.32 Å². The number of carbonyl (C=O) groups is 1. The Morgan fingerprint density at radius 1 is 1.17 bits per heavy atom. The van der Waals surface area contributed by atoms with E-state index in [-0.39, 0.29) is 29.5 Å². The summed E-state index contributed by atoms with van der Waals surface area (Å²) in [5.74, 6) is -0.817. The number of nitrogens with zero attached hydrogens (tertiary/aromatic N) is 1. The highest BCUT2D eigenvalue weighted by Gasteiger charge is 2.13. The summed E-state index contributed by atoms with van der Waals surface area (Å²) in [5, 5.41) is 19.0. The molecule has 1 aromatic heterocycles. The summed E-state index contributed by atoms with van der Waals surface area (Å²) >= 11 is -1.65. The lowest BCUT2D eigenvalue weighted by Gasteiger charge is -2.14. The molecule has 1 heterocycles. The van der Waals surface area contributed by atoms with Crippen molar-refractivity contribution >= 4 is 22.8 Å². The first kappa shape index (κ1) is 21.1. The lowest BCUT2D eigenvalue weighted by atomic mass is 10.1. The number of hydrogen-bond acceptors (Lipinski definition) is 5. The number of amides is 1. The van der Waals surface area contributed by atoms with Gasteiger partial charge < -0.3 is 9.50 Å². The van der Waals surface area contributed by atoms with Crippen molar-refractivity contribution in [2.45, 2.75) is 0 Å². The Morgan fingerprint density at radius 2 is 1.90 bits per heavy atom. The van der Waals surface area contributed by atoms with Crippen LogP contribution in [-0.4, -0.2) is 33.3 Å². The van der Waals surface area contributed by atoms with Gasteiger partial charge in [-0.15, -0.1) is 0 Å². The second kappa shape index (κ2) is 9.27. The highest BCUT2D eigenvalue weighted by Crippen LogP contribution is 2.30. The molecule has 0 aliphatic rings. The summed E-state index contributed by atoms with van der Waals surface area (Å²) in [6, 6.07) is 15.5. The Morgan fingerprint density at radius 3 is 2.60 bits per heavy atom. The van der Waals surface area contributed by atoms with Crippen molar-refractivity contribution in [2.75, 3.05) is 12.8 Å². The lowest BCUT2D eigenvalue weighted by molar-refractivity contribution is 0.0959. The van der Waals surface area contributed by atoms with Crippen LogP contribution in [0.1, 0.15) is 10.4 Å². The minimum absolute atomic E-state index is 0.0290. The van der Waals surface area contributed by atoms with Gasteiger partial charge in [0.1, 0.15) is 17.1 Å². The molecular weight excluding hydrogens is 407 g/mol. The number of nitrogens with one attached hydrogen (secondary N) is 3. The maximum absolute atomic E-state index is 13.6. The van der Waals surface area contributed by atoms with Gasteiger partial charge in [-0.1, -0.05) is 18.2 Å². The molecule has 3 aromatic rings. The first-order valence-corrected chi connectivity index (χ1v) is 10.3. The van der Waals surface area contributed by atoms with Gasteiger partial charge in [0.05, 0.1) is 6.54 Å². The molecular formula is C21H19FN4O3S. The van der Waals surface area contributed by atoms with E-state index >= 15 is 0 Å². The quantitative estimate of drug-likeness (QED) is 0.417. The second-order valence-electron chi connectivity index (χ2n) is 6.29. The van der Waals surface area contributed by atoms with Crippen molar-refractivity contribution in [1.29, 1.82) is 10.8 Å². The largest absolute Gasteiger partial charge is 0.400 e. The molecule has 0 aliphatic carbocycles. The smallest absolute Gasteiger partial charge is 0.251 e. The van der Waals surface area contributed by atoms with E-state index in [0.29, 0.717) is 16.7 Å². The van der Waals surface area contributed by atoms with Crippen LogP contribution in [0.25, 0.3) is 11.1 Å². The van der Waals surface area contributed by atoms with E-state index in [1.165, 1.54) is 35.2 Å². The van der Waals surface area contributed by atoms with Crippen LogP contribution in [0.5, 0.6) is 5.75 Å². The van der Waals surface area contributed by atoms with Crippen molar-refractivity contribution < 1.29 is 17.6 Å². The molecule has 7 nitrogen and oxygen atoms in total. The normalized spacial score (nSPS) is 11.5. The molecule has 0 fully saturated rings. The average molecular weight is 426 g/mol. The van der Waals surface area contributed by atoms with Crippen molar-refractivity contribution in [3.8, 4) is 16.9 Å². The zero-order chi connectivity index (χ0) is 21.7. The lowest BCUT2D eigenvalue weighted by Crippen LogP contribution is -2.36. The van der Waals surface area contributed by atoms with E-state index in [4.69, 9.17) is 15.0 Å². The Labute approximate surface area is 174 Å². The van der Waals surface area contributed by atoms with Gasteiger partial charge in [0.15, 0.2) is 5.75 Å². The minimum Gasteiger partial charge on any atom is -0.400 e. The number of halogens is 1. The van der Waals surface area contributed by atoms with Crippen LogP contribution in [0.15, 0.2) is 66.9 Å². The number of rotatable bonds is 6. The Kier molecular flexibility index (Phi) is 6.53. The Hall–Kier alpha value is -3.59.